The Morgan fingerprint density at radius 1 is 1.27 bits per heavy atom. The van der Waals surface area contributed by atoms with E-state index in [0.717, 1.165) is 0 Å². The maximum atomic E-state index is 13.1. The molecule has 0 saturated heterocycles. The number of nitrogens with zero attached hydrogens (tertiary/aromatic N) is 4. The summed E-state index contributed by atoms with van der Waals surface area (Å²) in [6.07, 6.45) is -1.50. The molecule has 0 aromatic heterocycles. The standard InChI is InChI=1S/C20H15ClFN5O3/c1-2-27(20(29)30)19(28)18(11-24)26-25-14-7-8-15(17(21)9-14)16(10-23)12-3-5-13(22)6-4-12/h3-9,16,25H,2H2,1H3,(H,29,30)/b26-18+. The molecule has 0 aliphatic heterocycles. The third-order valence-electron chi connectivity index (χ3n) is 4.04. The van der Waals surface area contributed by atoms with Gasteiger partial charge in [-0.2, -0.15) is 15.6 Å². The van der Waals surface area contributed by atoms with Crippen molar-refractivity contribution in [2.75, 3.05) is 12.0 Å². The van der Waals surface area contributed by atoms with E-state index in [0.29, 0.717) is 21.7 Å². The summed E-state index contributed by atoms with van der Waals surface area (Å²) in [4.78, 5) is 23.5. The van der Waals surface area contributed by atoms with Crippen LogP contribution in [0.1, 0.15) is 24.0 Å². The molecule has 2 N–H and O–H groups in total. The number of hydrogen-bond acceptors (Lipinski definition) is 6. The van der Waals surface area contributed by atoms with Gasteiger partial charge >= 0.3 is 6.09 Å². The van der Waals surface area contributed by atoms with Crippen molar-refractivity contribution in [2.24, 2.45) is 5.10 Å². The number of carbonyl (C=O) groups is 2. The lowest BCUT2D eigenvalue weighted by molar-refractivity contribution is -0.121. The quantitative estimate of drug-likeness (QED) is 0.530. The van der Waals surface area contributed by atoms with E-state index >= 15 is 0 Å². The Labute approximate surface area is 176 Å². The van der Waals surface area contributed by atoms with Crippen LogP contribution < -0.4 is 5.43 Å². The SMILES string of the molecule is CCN(C(=O)O)C(=O)/C(C#N)=N/Nc1ccc(C(C#N)c2ccc(F)cc2)c(Cl)c1. The molecule has 0 bridgehead atoms. The third-order valence-corrected chi connectivity index (χ3v) is 4.37. The number of benzene rings is 2. The lowest BCUT2D eigenvalue weighted by Gasteiger charge is -2.14. The summed E-state index contributed by atoms with van der Waals surface area (Å²) in [5.74, 6) is -2.23. The molecule has 0 radical (unpaired) electrons. The Balaban J connectivity index is 2.26. The van der Waals surface area contributed by atoms with Gasteiger partial charge in [0.1, 0.15) is 11.9 Å². The predicted octanol–water partition coefficient (Wildman–Crippen LogP) is 3.95. The van der Waals surface area contributed by atoms with E-state index in [1.54, 1.807) is 12.1 Å². The monoisotopic (exact) mass is 427 g/mol. The second-order valence-corrected chi connectivity index (χ2v) is 6.27. The molecule has 10 heteroatoms. The van der Waals surface area contributed by atoms with Gasteiger partial charge in [-0.1, -0.05) is 29.8 Å². The van der Waals surface area contributed by atoms with Gasteiger partial charge in [0.05, 0.1) is 17.7 Å². The number of nitrogens with one attached hydrogen (secondary N) is 1. The van der Waals surface area contributed by atoms with Crippen molar-refractivity contribution >= 4 is 35.0 Å². The molecular formula is C20H15ClFN5O3. The lowest BCUT2D eigenvalue weighted by Crippen LogP contribution is -2.40. The highest BCUT2D eigenvalue weighted by Gasteiger charge is 2.24. The number of carboxylic acid groups (broad SMARTS) is 1. The summed E-state index contributed by atoms with van der Waals surface area (Å²) < 4.78 is 13.1. The molecule has 1 atom stereocenters. The van der Waals surface area contributed by atoms with E-state index in [-0.39, 0.29) is 11.6 Å². The summed E-state index contributed by atoms with van der Waals surface area (Å²) >= 11 is 6.28. The molecule has 0 aliphatic rings. The van der Waals surface area contributed by atoms with Crippen LogP contribution in [0.4, 0.5) is 14.9 Å². The van der Waals surface area contributed by atoms with Crippen LogP contribution in [0, 0.1) is 28.5 Å². The molecular weight excluding hydrogens is 413 g/mol. The van der Waals surface area contributed by atoms with Gasteiger partial charge in [0.15, 0.2) is 0 Å². The number of hydrogen-bond donors (Lipinski definition) is 2. The Morgan fingerprint density at radius 3 is 2.43 bits per heavy atom. The molecule has 0 fully saturated rings. The highest BCUT2D eigenvalue weighted by molar-refractivity contribution is 6.46. The molecule has 2 amide bonds. The van der Waals surface area contributed by atoms with Crippen LogP contribution in [-0.2, 0) is 4.79 Å². The minimum Gasteiger partial charge on any atom is -0.465 e. The van der Waals surface area contributed by atoms with Crippen molar-refractivity contribution in [3.05, 3.63) is 64.4 Å². The number of rotatable bonds is 6. The minimum absolute atomic E-state index is 0.145. The van der Waals surface area contributed by atoms with Gasteiger partial charge in [-0.25, -0.2) is 14.1 Å². The first kappa shape index (κ1) is 22.3. The number of nitriles is 2. The number of imide groups is 1. The van der Waals surface area contributed by atoms with E-state index in [9.17, 15) is 19.2 Å². The first-order chi connectivity index (χ1) is 14.3. The van der Waals surface area contributed by atoms with Crippen molar-refractivity contribution in [2.45, 2.75) is 12.8 Å². The molecule has 0 spiro atoms. The van der Waals surface area contributed by atoms with E-state index < -0.39 is 29.4 Å². The van der Waals surface area contributed by atoms with Crippen molar-refractivity contribution in [1.82, 2.24) is 4.90 Å². The van der Waals surface area contributed by atoms with Crippen LogP contribution in [0.25, 0.3) is 0 Å². The fraction of sp³-hybridized carbons (Fsp3) is 0.150. The number of carbonyl (C=O) groups excluding carboxylic acids is 1. The van der Waals surface area contributed by atoms with Crippen LogP contribution in [0.3, 0.4) is 0 Å². The number of anilines is 1. The van der Waals surface area contributed by atoms with Crippen LogP contribution in [0.2, 0.25) is 5.02 Å². The van der Waals surface area contributed by atoms with Crippen LogP contribution >= 0.6 is 11.6 Å². The predicted molar refractivity (Wildman–Crippen MR) is 107 cm³/mol. The maximum absolute atomic E-state index is 13.1. The fourth-order valence-electron chi connectivity index (χ4n) is 2.54. The first-order valence-electron chi connectivity index (χ1n) is 8.55. The van der Waals surface area contributed by atoms with E-state index in [1.165, 1.54) is 43.3 Å². The molecule has 2 rings (SSSR count). The zero-order valence-corrected chi connectivity index (χ0v) is 16.4. The molecule has 1 unspecified atom stereocenters. The second kappa shape index (κ2) is 10.0. The highest BCUT2D eigenvalue weighted by atomic mass is 35.5. The summed E-state index contributed by atoms with van der Waals surface area (Å²) in [7, 11) is 0. The van der Waals surface area contributed by atoms with Gasteiger partial charge in [-0.05, 0) is 42.3 Å². The van der Waals surface area contributed by atoms with E-state index in [1.807, 2.05) is 0 Å². The van der Waals surface area contributed by atoms with Gasteiger partial charge in [0.25, 0.3) is 5.91 Å². The average Bonchev–Trinajstić information content (AvgIpc) is 2.72. The van der Waals surface area contributed by atoms with Gasteiger partial charge in [0, 0.05) is 11.6 Å². The smallest absolute Gasteiger partial charge is 0.414 e. The fourth-order valence-corrected chi connectivity index (χ4v) is 2.83. The highest BCUT2D eigenvalue weighted by Crippen LogP contribution is 2.32. The molecule has 8 nitrogen and oxygen atoms in total. The second-order valence-electron chi connectivity index (χ2n) is 5.87. The Kier molecular flexibility index (Phi) is 7.45. The zero-order valence-electron chi connectivity index (χ0n) is 15.6. The van der Waals surface area contributed by atoms with E-state index in [2.05, 4.69) is 16.6 Å². The molecule has 30 heavy (non-hydrogen) atoms. The van der Waals surface area contributed by atoms with Crippen LogP contribution in [0.15, 0.2) is 47.6 Å². The van der Waals surface area contributed by atoms with E-state index in [4.69, 9.17) is 22.0 Å². The van der Waals surface area contributed by atoms with Crippen LogP contribution in [-0.4, -0.2) is 34.3 Å². The van der Waals surface area contributed by atoms with Crippen molar-refractivity contribution in [1.29, 1.82) is 10.5 Å². The topological polar surface area (TPSA) is 130 Å². The van der Waals surface area contributed by atoms with Crippen LogP contribution in [0.5, 0.6) is 0 Å². The van der Waals surface area contributed by atoms with Gasteiger partial charge in [0.2, 0.25) is 5.71 Å². The number of halogens is 2. The molecule has 0 heterocycles. The molecule has 152 valence electrons. The molecule has 0 saturated carbocycles. The normalized spacial score (nSPS) is 11.7. The Bertz CT molecular complexity index is 1070. The minimum atomic E-state index is -1.50. The van der Waals surface area contributed by atoms with Gasteiger partial charge < -0.3 is 5.11 Å². The third kappa shape index (κ3) is 5.10. The molecule has 0 aliphatic carbocycles. The Hall–Kier alpha value is -3.95. The summed E-state index contributed by atoms with van der Waals surface area (Å²) in [5, 5.41) is 31.5. The zero-order chi connectivity index (χ0) is 22.3. The number of hydrazone groups is 1. The van der Waals surface area contributed by atoms with Crippen molar-refractivity contribution in [3.63, 3.8) is 0 Å². The van der Waals surface area contributed by atoms with Gasteiger partial charge in [-0.15, -0.1) is 0 Å². The van der Waals surface area contributed by atoms with Gasteiger partial charge in [-0.3, -0.25) is 10.2 Å². The summed E-state index contributed by atoms with van der Waals surface area (Å²) in [5.41, 5.74) is 3.16. The maximum Gasteiger partial charge on any atom is 0.414 e. The summed E-state index contributed by atoms with van der Waals surface area (Å²) in [6, 6.07) is 13.6. The number of amides is 2. The molecule has 2 aromatic rings. The Morgan fingerprint density at radius 2 is 1.93 bits per heavy atom. The van der Waals surface area contributed by atoms with Crippen molar-refractivity contribution < 1.29 is 19.1 Å². The lowest BCUT2D eigenvalue weighted by atomic mass is 9.92. The van der Waals surface area contributed by atoms with Crippen molar-refractivity contribution in [3.8, 4) is 12.1 Å². The largest absolute Gasteiger partial charge is 0.465 e. The molecule has 2 aromatic carbocycles. The first-order valence-corrected chi connectivity index (χ1v) is 8.93. The summed E-state index contributed by atoms with van der Waals surface area (Å²) in [6.45, 7) is 1.30. The average molecular weight is 428 g/mol.